The van der Waals surface area contributed by atoms with Crippen molar-refractivity contribution >= 4 is 23.9 Å². The average Bonchev–Trinajstić information content (AvgIpc) is 2.78. The molecule has 1 nitrogen and oxygen atoms in total. The maximum atomic E-state index is 6.95. The van der Waals surface area contributed by atoms with Crippen LogP contribution in [0.15, 0.2) is 115 Å². The van der Waals surface area contributed by atoms with Crippen LogP contribution < -0.4 is 15.6 Å². The standard InChI is InChI=1S/C26H24OSi/c1-22-17-19-23(20-18-22)21-27-28(24-11-5-2-6-12-24,25-13-7-3-8-14-25)26-15-9-4-10-16-26/h2-20H,21H2,1H3. The molecule has 0 aliphatic rings. The molecule has 0 bridgehead atoms. The van der Waals surface area contributed by atoms with E-state index < -0.39 is 8.32 Å². The number of hydrogen-bond acceptors (Lipinski definition) is 1. The van der Waals surface area contributed by atoms with E-state index in [-0.39, 0.29) is 0 Å². The van der Waals surface area contributed by atoms with Crippen LogP contribution in [0.2, 0.25) is 0 Å². The zero-order valence-electron chi connectivity index (χ0n) is 16.1. The second-order valence-corrected chi connectivity index (χ2v) is 10.4. The van der Waals surface area contributed by atoms with Crippen LogP contribution >= 0.6 is 0 Å². The normalized spacial score (nSPS) is 11.3. The summed E-state index contributed by atoms with van der Waals surface area (Å²) in [5, 5.41) is 3.79. The van der Waals surface area contributed by atoms with Crippen molar-refractivity contribution in [2.24, 2.45) is 0 Å². The van der Waals surface area contributed by atoms with Crippen LogP contribution in [0.3, 0.4) is 0 Å². The van der Waals surface area contributed by atoms with Gasteiger partial charge in [-0.2, -0.15) is 0 Å². The smallest absolute Gasteiger partial charge is 0.288 e. The molecule has 0 saturated carbocycles. The summed E-state index contributed by atoms with van der Waals surface area (Å²) in [5.74, 6) is 0. The van der Waals surface area contributed by atoms with E-state index in [4.69, 9.17) is 4.43 Å². The largest absolute Gasteiger partial charge is 0.400 e. The van der Waals surface area contributed by atoms with Gasteiger partial charge in [0.1, 0.15) is 0 Å². The van der Waals surface area contributed by atoms with Crippen molar-refractivity contribution in [1.82, 2.24) is 0 Å². The lowest BCUT2D eigenvalue weighted by Crippen LogP contribution is -2.69. The molecule has 0 atom stereocenters. The lowest BCUT2D eigenvalue weighted by Gasteiger charge is -2.33. The summed E-state index contributed by atoms with van der Waals surface area (Å²) in [7, 11) is -2.62. The Kier molecular flexibility index (Phi) is 5.52. The van der Waals surface area contributed by atoms with Gasteiger partial charge in [0.05, 0.1) is 6.61 Å². The summed E-state index contributed by atoms with van der Waals surface area (Å²) in [6.45, 7) is 2.70. The summed E-state index contributed by atoms with van der Waals surface area (Å²) in [5.41, 5.74) is 2.46. The second-order valence-electron chi connectivity index (χ2n) is 7.05. The molecule has 0 saturated heterocycles. The third-order valence-electron chi connectivity index (χ3n) is 5.12. The molecule has 0 aromatic heterocycles. The molecule has 0 N–H and O–H groups in total. The predicted molar refractivity (Wildman–Crippen MR) is 120 cm³/mol. The van der Waals surface area contributed by atoms with Crippen molar-refractivity contribution in [2.45, 2.75) is 13.5 Å². The van der Waals surface area contributed by atoms with E-state index in [9.17, 15) is 0 Å². The molecular weight excluding hydrogens is 356 g/mol. The Hall–Kier alpha value is -2.94. The van der Waals surface area contributed by atoms with E-state index in [1.165, 1.54) is 26.7 Å². The van der Waals surface area contributed by atoms with Crippen LogP contribution in [0.4, 0.5) is 0 Å². The van der Waals surface area contributed by atoms with E-state index in [1.807, 2.05) is 0 Å². The third-order valence-corrected chi connectivity index (χ3v) is 9.13. The highest BCUT2D eigenvalue weighted by atomic mass is 28.4. The lowest BCUT2D eigenvalue weighted by atomic mass is 10.2. The number of aryl methyl sites for hydroxylation is 1. The van der Waals surface area contributed by atoms with Crippen molar-refractivity contribution in [3.63, 3.8) is 0 Å². The van der Waals surface area contributed by atoms with Gasteiger partial charge in [-0.25, -0.2) is 0 Å². The van der Waals surface area contributed by atoms with Crippen molar-refractivity contribution in [2.75, 3.05) is 0 Å². The first kappa shape index (κ1) is 18.4. The van der Waals surface area contributed by atoms with Crippen LogP contribution in [-0.2, 0) is 11.0 Å². The van der Waals surface area contributed by atoms with Gasteiger partial charge in [-0.3, -0.25) is 0 Å². The minimum Gasteiger partial charge on any atom is -0.400 e. The molecule has 0 fully saturated rings. The van der Waals surface area contributed by atoms with E-state index in [0.29, 0.717) is 6.61 Å². The Labute approximate surface area is 168 Å². The number of benzene rings is 4. The molecule has 0 aliphatic heterocycles. The Morgan fingerprint density at radius 1 is 0.536 bits per heavy atom. The van der Waals surface area contributed by atoms with Gasteiger partial charge in [-0.15, -0.1) is 0 Å². The quantitative estimate of drug-likeness (QED) is 0.360. The topological polar surface area (TPSA) is 9.23 Å². The highest BCUT2D eigenvalue weighted by Crippen LogP contribution is 2.13. The van der Waals surface area contributed by atoms with Gasteiger partial charge in [-0.1, -0.05) is 121 Å². The zero-order chi connectivity index (χ0) is 19.2. The van der Waals surface area contributed by atoms with Gasteiger partial charge in [0.25, 0.3) is 8.32 Å². The van der Waals surface area contributed by atoms with Crippen molar-refractivity contribution in [3.8, 4) is 0 Å². The predicted octanol–water partition coefficient (Wildman–Crippen LogP) is 4.18. The summed E-state index contributed by atoms with van der Waals surface area (Å²) < 4.78 is 6.95. The van der Waals surface area contributed by atoms with Crippen molar-refractivity contribution in [3.05, 3.63) is 126 Å². The number of hydrogen-bond donors (Lipinski definition) is 0. The molecule has 2 heteroatoms. The first-order valence-electron chi connectivity index (χ1n) is 9.65. The van der Waals surface area contributed by atoms with Gasteiger partial charge in [0.2, 0.25) is 0 Å². The van der Waals surface area contributed by atoms with Crippen LogP contribution in [0, 0.1) is 6.92 Å². The molecular formula is C26H24OSi. The van der Waals surface area contributed by atoms with Crippen LogP contribution in [0.1, 0.15) is 11.1 Å². The minimum atomic E-state index is -2.62. The summed E-state index contributed by atoms with van der Waals surface area (Å²) in [4.78, 5) is 0. The van der Waals surface area contributed by atoms with Crippen LogP contribution in [0.25, 0.3) is 0 Å². The van der Waals surface area contributed by atoms with Crippen molar-refractivity contribution < 1.29 is 4.43 Å². The monoisotopic (exact) mass is 380 g/mol. The third kappa shape index (κ3) is 3.70. The molecule has 0 amide bonds. The molecule has 0 unspecified atom stereocenters. The second kappa shape index (κ2) is 8.38. The van der Waals surface area contributed by atoms with E-state index >= 15 is 0 Å². The van der Waals surface area contributed by atoms with Crippen LogP contribution in [-0.4, -0.2) is 8.32 Å². The summed E-state index contributed by atoms with van der Waals surface area (Å²) in [6.07, 6.45) is 0. The Bertz CT molecular complexity index is 900. The molecule has 4 rings (SSSR count). The Morgan fingerprint density at radius 2 is 0.929 bits per heavy atom. The average molecular weight is 381 g/mol. The molecule has 0 aliphatic carbocycles. The van der Waals surface area contributed by atoms with Crippen molar-refractivity contribution in [1.29, 1.82) is 0 Å². The van der Waals surface area contributed by atoms with Gasteiger partial charge in [0, 0.05) is 0 Å². The van der Waals surface area contributed by atoms with Gasteiger partial charge in [-0.05, 0) is 28.0 Å². The first-order chi connectivity index (χ1) is 13.8. The minimum absolute atomic E-state index is 0.588. The maximum Gasteiger partial charge on any atom is 0.288 e. The fraction of sp³-hybridized carbons (Fsp3) is 0.0769. The molecule has 0 radical (unpaired) electrons. The molecule has 0 spiro atoms. The lowest BCUT2D eigenvalue weighted by molar-refractivity contribution is 0.312. The Morgan fingerprint density at radius 3 is 1.32 bits per heavy atom. The highest BCUT2D eigenvalue weighted by Gasteiger charge is 2.41. The molecule has 4 aromatic carbocycles. The molecule has 138 valence electrons. The summed E-state index contributed by atoms with van der Waals surface area (Å²) in [6, 6.07) is 40.7. The van der Waals surface area contributed by atoms with Crippen LogP contribution in [0.5, 0.6) is 0 Å². The van der Waals surface area contributed by atoms with Gasteiger partial charge >= 0.3 is 0 Å². The first-order valence-corrected chi connectivity index (χ1v) is 11.6. The maximum absolute atomic E-state index is 6.95. The molecule has 4 aromatic rings. The SMILES string of the molecule is Cc1ccc(CO[Si](c2ccccc2)(c2ccccc2)c2ccccc2)cc1. The highest BCUT2D eigenvalue weighted by molar-refractivity contribution is 7.07. The fourth-order valence-corrected chi connectivity index (χ4v) is 7.51. The molecule has 28 heavy (non-hydrogen) atoms. The van der Waals surface area contributed by atoms with E-state index in [0.717, 1.165) is 0 Å². The van der Waals surface area contributed by atoms with E-state index in [1.54, 1.807) is 0 Å². The van der Waals surface area contributed by atoms with Gasteiger partial charge in [0.15, 0.2) is 0 Å². The number of rotatable bonds is 6. The van der Waals surface area contributed by atoms with E-state index in [2.05, 4.69) is 122 Å². The van der Waals surface area contributed by atoms with Gasteiger partial charge < -0.3 is 4.43 Å². The Balaban J connectivity index is 1.86. The fourth-order valence-electron chi connectivity index (χ4n) is 3.64. The zero-order valence-corrected chi connectivity index (χ0v) is 17.1. The summed E-state index contributed by atoms with van der Waals surface area (Å²) >= 11 is 0. The molecule has 0 heterocycles.